The highest BCUT2D eigenvalue weighted by Crippen LogP contribution is 2.12. The van der Waals surface area contributed by atoms with Crippen LogP contribution >= 0.6 is 0 Å². The van der Waals surface area contributed by atoms with Gasteiger partial charge in [0.2, 0.25) is 10.0 Å². The van der Waals surface area contributed by atoms with E-state index < -0.39 is 28.5 Å². The molecular formula is C18H24N4O5S. The van der Waals surface area contributed by atoms with E-state index in [1.54, 1.807) is 0 Å². The van der Waals surface area contributed by atoms with Crippen LogP contribution in [-0.2, 0) is 26.1 Å². The summed E-state index contributed by atoms with van der Waals surface area (Å²) >= 11 is 0. The van der Waals surface area contributed by atoms with Crippen LogP contribution in [0, 0.1) is 13.8 Å². The number of hydrogen-bond acceptors (Lipinski definition) is 6. The van der Waals surface area contributed by atoms with E-state index in [-0.39, 0.29) is 10.5 Å². The molecule has 0 bridgehead atoms. The molecule has 9 nitrogen and oxygen atoms in total. The molecule has 0 unspecified atom stereocenters. The average molecular weight is 408 g/mol. The number of nitrogens with zero attached hydrogens (tertiary/aromatic N) is 2. The summed E-state index contributed by atoms with van der Waals surface area (Å²) in [5.74, 6) is -1.20. The van der Waals surface area contributed by atoms with Gasteiger partial charge in [-0.05, 0) is 51.6 Å². The Kier molecular flexibility index (Phi) is 7.30. The first-order valence-electron chi connectivity index (χ1n) is 8.71. The van der Waals surface area contributed by atoms with Gasteiger partial charge in [-0.2, -0.15) is 5.10 Å². The monoisotopic (exact) mass is 408 g/mol. The first kappa shape index (κ1) is 21.6. The summed E-state index contributed by atoms with van der Waals surface area (Å²) in [6.07, 6.45) is 0.686. The SMILES string of the molecule is CNS(=O)(=O)c1cccc(C(=O)OCC(=O)NCCCn2nc(C)cc2C)c1. The number of esters is 1. The third kappa shape index (κ3) is 5.89. The van der Waals surface area contributed by atoms with Gasteiger partial charge in [0.25, 0.3) is 5.91 Å². The number of sulfonamides is 1. The highest BCUT2D eigenvalue weighted by atomic mass is 32.2. The molecule has 0 fully saturated rings. The van der Waals surface area contributed by atoms with Gasteiger partial charge in [0, 0.05) is 18.8 Å². The van der Waals surface area contributed by atoms with Gasteiger partial charge in [-0.25, -0.2) is 17.9 Å². The Balaban J connectivity index is 1.77. The van der Waals surface area contributed by atoms with Crippen molar-refractivity contribution >= 4 is 21.9 Å². The molecule has 28 heavy (non-hydrogen) atoms. The Morgan fingerprint density at radius 2 is 1.96 bits per heavy atom. The van der Waals surface area contributed by atoms with Gasteiger partial charge in [-0.1, -0.05) is 6.07 Å². The predicted octanol–water partition coefficient (Wildman–Crippen LogP) is 0.771. The van der Waals surface area contributed by atoms with Gasteiger partial charge in [0.15, 0.2) is 6.61 Å². The first-order chi connectivity index (χ1) is 13.2. The van der Waals surface area contributed by atoms with Gasteiger partial charge in [0.05, 0.1) is 16.2 Å². The molecule has 0 radical (unpaired) electrons. The van der Waals surface area contributed by atoms with Gasteiger partial charge in [-0.3, -0.25) is 9.48 Å². The number of ether oxygens (including phenoxy) is 1. The van der Waals surface area contributed by atoms with Crippen molar-refractivity contribution in [2.75, 3.05) is 20.2 Å². The Bertz CT molecular complexity index is 953. The summed E-state index contributed by atoms with van der Waals surface area (Å²) in [5.41, 5.74) is 2.05. The van der Waals surface area contributed by atoms with E-state index in [1.807, 2.05) is 24.6 Å². The van der Waals surface area contributed by atoms with Crippen molar-refractivity contribution in [3.05, 3.63) is 47.3 Å². The summed E-state index contributed by atoms with van der Waals surface area (Å²) in [5, 5.41) is 7.01. The molecule has 1 aromatic carbocycles. The van der Waals surface area contributed by atoms with Gasteiger partial charge in [0.1, 0.15) is 0 Å². The molecule has 2 N–H and O–H groups in total. The summed E-state index contributed by atoms with van der Waals surface area (Å²) in [6, 6.07) is 7.39. The Morgan fingerprint density at radius 1 is 1.21 bits per heavy atom. The lowest BCUT2D eigenvalue weighted by Gasteiger charge is -2.08. The van der Waals surface area contributed by atoms with Crippen LogP contribution in [0.15, 0.2) is 35.2 Å². The lowest BCUT2D eigenvalue weighted by Crippen LogP contribution is -2.30. The van der Waals surface area contributed by atoms with Gasteiger partial charge < -0.3 is 10.1 Å². The number of rotatable bonds is 9. The molecular weight excluding hydrogens is 384 g/mol. The Morgan fingerprint density at radius 3 is 2.61 bits per heavy atom. The molecule has 1 amide bonds. The minimum absolute atomic E-state index is 0.0497. The second-order valence-corrected chi connectivity index (χ2v) is 8.05. The second kappa shape index (κ2) is 9.47. The normalized spacial score (nSPS) is 11.2. The van der Waals surface area contributed by atoms with Crippen molar-refractivity contribution in [2.45, 2.75) is 31.7 Å². The van der Waals surface area contributed by atoms with E-state index in [0.717, 1.165) is 11.4 Å². The molecule has 0 saturated heterocycles. The van der Waals surface area contributed by atoms with Crippen molar-refractivity contribution < 1.29 is 22.7 Å². The predicted molar refractivity (Wildman–Crippen MR) is 102 cm³/mol. The van der Waals surface area contributed by atoms with Crippen LogP contribution in [0.4, 0.5) is 0 Å². The number of aromatic nitrogens is 2. The Labute approximate surface area is 164 Å². The standard InChI is InChI=1S/C18H24N4O5S/c1-13-10-14(2)22(21-13)9-5-8-20-17(23)12-27-18(24)15-6-4-7-16(11-15)28(25,26)19-3/h4,6-7,10-11,19H,5,8-9,12H2,1-3H3,(H,20,23). The average Bonchev–Trinajstić information content (AvgIpc) is 3.00. The molecule has 2 rings (SSSR count). The minimum Gasteiger partial charge on any atom is -0.452 e. The van der Waals surface area contributed by atoms with E-state index in [0.29, 0.717) is 19.5 Å². The molecule has 1 heterocycles. The molecule has 0 spiro atoms. The zero-order valence-electron chi connectivity index (χ0n) is 16.1. The van der Waals surface area contributed by atoms with Crippen LogP contribution in [0.2, 0.25) is 0 Å². The molecule has 152 valence electrons. The lowest BCUT2D eigenvalue weighted by atomic mass is 10.2. The van der Waals surface area contributed by atoms with Gasteiger partial charge in [-0.15, -0.1) is 0 Å². The first-order valence-corrected chi connectivity index (χ1v) is 10.2. The summed E-state index contributed by atoms with van der Waals surface area (Å²) in [6.45, 7) is 4.54. The zero-order valence-corrected chi connectivity index (χ0v) is 16.9. The molecule has 1 aromatic heterocycles. The van der Waals surface area contributed by atoms with Crippen LogP contribution in [-0.4, -0.2) is 50.3 Å². The second-order valence-electron chi connectivity index (χ2n) is 6.17. The highest BCUT2D eigenvalue weighted by Gasteiger charge is 2.16. The fourth-order valence-electron chi connectivity index (χ4n) is 2.53. The third-order valence-corrected chi connectivity index (χ3v) is 5.37. The lowest BCUT2D eigenvalue weighted by molar-refractivity contribution is -0.124. The Hall–Kier alpha value is -2.72. The summed E-state index contributed by atoms with van der Waals surface area (Å²) < 4.78 is 32.5. The topological polar surface area (TPSA) is 119 Å². The summed E-state index contributed by atoms with van der Waals surface area (Å²) in [7, 11) is -2.39. The van der Waals surface area contributed by atoms with E-state index in [1.165, 1.54) is 31.3 Å². The smallest absolute Gasteiger partial charge is 0.338 e. The number of carbonyl (C=O) groups excluding carboxylic acids is 2. The fourth-order valence-corrected chi connectivity index (χ4v) is 3.31. The van der Waals surface area contributed by atoms with Crippen LogP contribution in [0.5, 0.6) is 0 Å². The van der Waals surface area contributed by atoms with Crippen molar-refractivity contribution in [3.8, 4) is 0 Å². The molecule has 0 atom stereocenters. The van der Waals surface area contributed by atoms with Crippen LogP contribution in [0.3, 0.4) is 0 Å². The van der Waals surface area contributed by atoms with Crippen molar-refractivity contribution in [1.82, 2.24) is 19.8 Å². The molecule has 2 aromatic rings. The third-order valence-electron chi connectivity index (χ3n) is 3.96. The van der Waals surface area contributed by atoms with Gasteiger partial charge >= 0.3 is 5.97 Å². The van der Waals surface area contributed by atoms with E-state index in [2.05, 4.69) is 15.1 Å². The molecule has 0 aliphatic rings. The van der Waals surface area contributed by atoms with Crippen molar-refractivity contribution in [2.24, 2.45) is 0 Å². The van der Waals surface area contributed by atoms with Crippen molar-refractivity contribution in [3.63, 3.8) is 0 Å². The highest BCUT2D eigenvalue weighted by molar-refractivity contribution is 7.89. The quantitative estimate of drug-likeness (QED) is 0.467. The number of carbonyl (C=O) groups is 2. The molecule has 0 aliphatic heterocycles. The molecule has 10 heteroatoms. The van der Waals surface area contributed by atoms with E-state index in [4.69, 9.17) is 4.74 Å². The molecule has 0 saturated carbocycles. The largest absolute Gasteiger partial charge is 0.452 e. The maximum absolute atomic E-state index is 12.0. The molecule has 0 aliphatic carbocycles. The number of aryl methyl sites for hydroxylation is 3. The van der Waals surface area contributed by atoms with Crippen LogP contribution < -0.4 is 10.0 Å². The summed E-state index contributed by atoms with van der Waals surface area (Å²) in [4.78, 5) is 23.8. The fraction of sp³-hybridized carbons (Fsp3) is 0.389. The van der Waals surface area contributed by atoms with E-state index >= 15 is 0 Å². The minimum atomic E-state index is -3.67. The maximum atomic E-state index is 12.0. The zero-order chi connectivity index (χ0) is 20.7. The number of benzene rings is 1. The maximum Gasteiger partial charge on any atom is 0.338 e. The number of amides is 1. The number of hydrogen-bond donors (Lipinski definition) is 2. The van der Waals surface area contributed by atoms with Crippen molar-refractivity contribution in [1.29, 1.82) is 0 Å². The van der Waals surface area contributed by atoms with Crippen LogP contribution in [0.25, 0.3) is 0 Å². The number of nitrogens with one attached hydrogen (secondary N) is 2. The van der Waals surface area contributed by atoms with Crippen LogP contribution in [0.1, 0.15) is 28.2 Å². The van der Waals surface area contributed by atoms with E-state index in [9.17, 15) is 18.0 Å².